The van der Waals surface area contributed by atoms with Gasteiger partial charge in [0.05, 0.1) is 5.52 Å². The van der Waals surface area contributed by atoms with Crippen LogP contribution < -0.4 is 14.8 Å². The molecule has 1 N–H and O–H groups in total. The monoisotopic (exact) mass is 535 g/mol. The molecule has 6 rings (SSSR count). The second-order valence-electron chi connectivity index (χ2n) is 10.5. The van der Waals surface area contributed by atoms with Gasteiger partial charge >= 0.3 is 0 Å². The van der Waals surface area contributed by atoms with E-state index in [-0.39, 0.29) is 24.4 Å². The molecule has 40 heavy (non-hydrogen) atoms. The maximum Gasteiger partial charge on any atom is 0.255 e. The van der Waals surface area contributed by atoms with Gasteiger partial charge in [0.1, 0.15) is 19.3 Å². The fraction of sp³-hybridized carbons (Fsp3) is 0.303. The highest BCUT2D eigenvalue weighted by Gasteiger charge is 2.34. The van der Waals surface area contributed by atoms with E-state index >= 15 is 0 Å². The third kappa shape index (κ3) is 5.64. The van der Waals surface area contributed by atoms with E-state index in [0.717, 1.165) is 47.7 Å². The molecule has 4 aromatic rings. The number of fused-ring (bicyclic) bond motifs is 2. The number of nitrogens with one attached hydrogen (secondary N) is 1. The summed E-state index contributed by atoms with van der Waals surface area (Å²) in [6.45, 7) is 1.17. The van der Waals surface area contributed by atoms with Gasteiger partial charge in [0, 0.05) is 29.7 Å². The average molecular weight is 536 g/mol. The van der Waals surface area contributed by atoms with E-state index in [2.05, 4.69) is 10.3 Å². The summed E-state index contributed by atoms with van der Waals surface area (Å²) in [4.78, 5) is 34.7. The number of nitrogens with zero attached hydrogens (tertiary/aromatic N) is 2. The molecule has 1 aliphatic carbocycles. The van der Waals surface area contributed by atoms with Gasteiger partial charge in [-0.25, -0.2) is 0 Å². The van der Waals surface area contributed by atoms with E-state index in [0.29, 0.717) is 30.3 Å². The van der Waals surface area contributed by atoms with E-state index in [1.54, 1.807) is 29.3 Å². The van der Waals surface area contributed by atoms with E-state index in [4.69, 9.17) is 9.47 Å². The second-order valence-corrected chi connectivity index (χ2v) is 10.5. The van der Waals surface area contributed by atoms with Gasteiger partial charge in [0.25, 0.3) is 5.91 Å². The molecule has 1 saturated carbocycles. The van der Waals surface area contributed by atoms with Gasteiger partial charge in [-0.1, -0.05) is 61.7 Å². The molecular weight excluding hydrogens is 502 g/mol. The first kappa shape index (κ1) is 25.9. The van der Waals surface area contributed by atoms with Crippen LogP contribution in [0.5, 0.6) is 11.5 Å². The number of carbonyl (C=O) groups is 2. The molecule has 7 heteroatoms. The third-order valence-electron chi connectivity index (χ3n) is 7.70. The van der Waals surface area contributed by atoms with Crippen LogP contribution in [0.4, 0.5) is 0 Å². The molecule has 1 atom stereocenters. The predicted molar refractivity (Wildman–Crippen MR) is 153 cm³/mol. The fourth-order valence-electron chi connectivity index (χ4n) is 5.67. The Balaban J connectivity index is 1.43. The predicted octanol–water partition coefficient (Wildman–Crippen LogP) is 5.84. The van der Waals surface area contributed by atoms with Crippen molar-refractivity contribution in [1.29, 1.82) is 0 Å². The van der Waals surface area contributed by atoms with Crippen molar-refractivity contribution >= 4 is 22.7 Å². The Bertz CT molecular complexity index is 1500. The van der Waals surface area contributed by atoms with Crippen molar-refractivity contribution in [3.05, 3.63) is 102 Å². The molecule has 0 saturated heterocycles. The van der Waals surface area contributed by atoms with Crippen LogP contribution in [0.15, 0.2) is 85.1 Å². The molecule has 2 aliphatic rings. The molecule has 2 heterocycles. The first-order chi connectivity index (χ1) is 19.7. The summed E-state index contributed by atoms with van der Waals surface area (Å²) < 4.78 is 11.4. The second kappa shape index (κ2) is 11.8. The van der Waals surface area contributed by atoms with Gasteiger partial charge in [-0.2, -0.15) is 0 Å². The number of hydrogen-bond acceptors (Lipinski definition) is 5. The zero-order valence-electron chi connectivity index (χ0n) is 22.4. The summed E-state index contributed by atoms with van der Waals surface area (Å²) in [5.41, 5.74) is 2.96. The van der Waals surface area contributed by atoms with Crippen molar-refractivity contribution < 1.29 is 19.1 Å². The number of pyridine rings is 1. The molecule has 1 fully saturated rings. The number of benzene rings is 3. The Morgan fingerprint density at radius 3 is 2.50 bits per heavy atom. The highest BCUT2D eigenvalue weighted by Crippen LogP contribution is 2.34. The molecule has 0 radical (unpaired) electrons. The summed E-state index contributed by atoms with van der Waals surface area (Å²) in [6.07, 6.45) is 7.05. The van der Waals surface area contributed by atoms with Crippen LogP contribution in [-0.2, 0) is 11.3 Å². The average Bonchev–Trinajstić information content (AvgIpc) is 3.01. The number of aromatic nitrogens is 1. The van der Waals surface area contributed by atoms with E-state index in [9.17, 15) is 9.59 Å². The standard InChI is InChI=1S/C33H33N3O4/c37-32(35-27-11-5-2-6-12-27)31(25-13-15-28-24(20-25)10-7-17-34-28)36(22-23-8-3-1-4-9-23)33(38)26-14-16-29-30(21-26)40-19-18-39-29/h1,3-4,7-10,13-17,20-21,27,31H,2,5-6,11-12,18-19,22H2,(H,35,37)/t31-/m1/s1. The largest absolute Gasteiger partial charge is 0.486 e. The number of carbonyl (C=O) groups excluding carboxylic acids is 2. The van der Waals surface area contributed by atoms with Crippen LogP contribution in [0.1, 0.15) is 59.6 Å². The van der Waals surface area contributed by atoms with Crippen molar-refractivity contribution in [3.63, 3.8) is 0 Å². The lowest BCUT2D eigenvalue weighted by molar-refractivity contribution is -0.127. The number of rotatable bonds is 7. The Morgan fingerprint density at radius 1 is 0.875 bits per heavy atom. The van der Waals surface area contributed by atoms with Crippen molar-refractivity contribution in [3.8, 4) is 11.5 Å². The Morgan fingerprint density at radius 2 is 1.68 bits per heavy atom. The Kier molecular flexibility index (Phi) is 7.62. The lowest BCUT2D eigenvalue weighted by Gasteiger charge is -2.34. The van der Waals surface area contributed by atoms with E-state index in [1.165, 1.54) is 6.42 Å². The first-order valence-corrected chi connectivity index (χ1v) is 14.1. The number of ether oxygens (including phenoxy) is 2. The van der Waals surface area contributed by atoms with Gasteiger partial charge in [-0.05, 0) is 60.4 Å². The summed E-state index contributed by atoms with van der Waals surface area (Å²) in [5, 5.41) is 4.21. The van der Waals surface area contributed by atoms with Gasteiger partial charge < -0.3 is 19.7 Å². The molecule has 3 aromatic carbocycles. The molecule has 0 unspecified atom stereocenters. The van der Waals surface area contributed by atoms with Gasteiger partial charge in [-0.15, -0.1) is 0 Å². The normalized spacial score (nSPS) is 15.8. The van der Waals surface area contributed by atoms with Crippen molar-refractivity contribution in [2.45, 2.75) is 50.7 Å². The van der Waals surface area contributed by atoms with E-state index in [1.807, 2.05) is 60.7 Å². The maximum absolute atomic E-state index is 14.3. The van der Waals surface area contributed by atoms with E-state index < -0.39 is 6.04 Å². The summed E-state index contributed by atoms with van der Waals surface area (Å²) in [7, 11) is 0. The zero-order valence-corrected chi connectivity index (χ0v) is 22.4. The van der Waals surface area contributed by atoms with Crippen molar-refractivity contribution in [1.82, 2.24) is 15.2 Å². The van der Waals surface area contributed by atoms with Crippen LogP contribution in [0.3, 0.4) is 0 Å². The summed E-state index contributed by atoms with van der Waals surface area (Å²) in [5.74, 6) is 0.732. The van der Waals surface area contributed by atoms with Gasteiger partial charge in [0.15, 0.2) is 11.5 Å². The van der Waals surface area contributed by atoms with Crippen LogP contribution in [-0.4, -0.2) is 41.0 Å². The number of hydrogen-bond donors (Lipinski definition) is 1. The minimum atomic E-state index is -0.840. The molecular formula is C33H33N3O4. The van der Waals surface area contributed by atoms with Gasteiger partial charge in [-0.3, -0.25) is 14.6 Å². The molecule has 204 valence electrons. The Hall–Kier alpha value is -4.39. The quantitative estimate of drug-likeness (QED) is 0.322. The molecule has 0 bridgehead atoms. The van der Waals surface area contributed by atoms with Crippen LogP contribution in [0.25, 0.3) is 10.9 Å². The van der Waals surface area contributed by atoms with Crippen LogP contribution in [0, 0.1) is 0 Å². The van der Waals surface area contributed by atoms with Crippen molar-refractivity contribution in [2.24, 2.45) is 0 Å². The zero-order chi connectivity index (χ0) is 27.3. The lowest BCUT2D eigenvalue weighted by atomic mass is 9.94. The molecule has 2 amide bonds. The molecule has 1 aliphatic heterocycles. The number of amides is 2. The highest BCUT2D eigenvalue weighted by atomic mass is 16.6. The topological polar surface area (TPSA) is 80.8 Å². The summed E-state index contributed by atoms with van der Waals surface area (Å²) >= 11 is 0. The Labute approximate surface area is 234 Å². The maximum atomic E-state index is 14.3. The van der Waals surface area contributed by atoms with Crippen LogP contribution in [0.2, 0.25) is 0 Å². The SMILES string of the molecule is O=C(NC1CCCCC1)[C@@H](c1ccc2ncccc2c1)N(Cc1ccccc1)C(=O)c1ccc2c(c1)OCCO2. The minimum Gasteiger partial charge on any atom is -0.486 e. The minimum absolute atomic E-state index is 0.105. The molecule has 7 nitrogen and oxygen atoms in total. The summed E-state index contributed by atoms with van der Waals surface area (Å²) in [6, 6.07) is 23.9. The smallest absolute Gasteiger partial charge is 0.255 e. The highest BCUT2D eigenvalue weighted by molar-refractivity contribution is 5.99. The fourth-order valence-corrected chi connectivity index (χ4v) is 5.67. The van der Waals surface area contributed by atoms with Crippen LogP contribution >= 0.6 is 0 Å². The third-order valence-corrected chi connectivity index (χ3v) is 7.70. The van der Waals surface area contributed by atoms with Gasteiger partial charge in [0.2, 0.25) is 5.91 Å². The molecule has 0 spiro atoms. The lowest BCUT2D eigenvalue weighted by Crippen LogP contribution is -2.46. The molecule has 1 aromatic heterocycles. The first-order valence-electron chi connectivity index (χ1n) is 14.1. The van der Waals surface area contributed by atoms with Crippen molar-refractivity contribution in [2.75, 3.05) is 13.2 Å².